The molecule has 39 heavy (non-hydrogen) atoms. The Morgan fingerprint density at radius 1 is 1.00 bits per heavy atom. The summed E-state index contributed by atoms with van der Waals surface area (Å²) in [6.45, 7) is 3.87. The van der Waals surface area contributed by atoms with Gasteiger partial charge in [0.15, 0.2) is 11.4 Å². The maximum atomic E-state index is 13.4. The molecule has 1 N–H and O–H groups in total. The fourth-order valence-electron chi connectivity index (χ4n) is 3.89. The zero-order valence-electron chi connectivity index (χ0n) is 22.3. The molecule has 1 heterocycles. The van der Waals surface area contributed by atoms with E-state index in [1.165, 1.54) is 13.8 Å². The average Bonchev–Trinajstić information content (AvgIpc) is 3.39. The average molecular weight is 525 g/mol. The summed E-state index contributed by atoms with van der Waals surface area (Å²) in [5.41, 5.74) is 2.89. The van der Waals surface area contributed by atoms with Crippen molar-refractivity contribution in [1.29, 1.82) is 0 Å². The molecule has 0 amide bonds. The first-order valence-corrected chi connectivity index (χ1v) is 12.7. The van der Waals surface area contributed by atoms with Gasteiger partial charge in [-0.15, -0.1) is 0 Å². The molecule has 200 valence electrons. The first-order chi connectivity index (χ1) is 18.8. The molecular weight excluding hydrogens is 492 g/mol. The standard InChI is InChI=1S/C32H32N2O5/c1-32(2,31(36)37)39-22-24-17-15-23(16-18-24)10-7-8-19-34-21-28(25-11-5-4-6-12-25)33-30(34)29(35)26-13-9-14-27(20-26)38-3/h4-7,9-18,20-21H,8,19,22H2,1-3H3,(H,36,37). The van der Waals surface area contributed by atoms with Crippen molar-refractivity contribution < 1.29 is 24.2 Å². The highest BCUT2D eigenvalue weighted by Gasteiger charge is 2.27. The molecule has 0 saturated heterocycles. The van der Waals surface area contributed by atoms with Crippen LogP contribution in [-0.2, 0) is 22.7 Å². The normalized spacial score (nSPS) is 11.6. The van der Waals surface area contributed by atoms with E-state index < -0.39 is 11.6 Å². The van der Waals surface area contributed by atoms with Gasteiger partial charge in [-0.3, -0.25) is 4.79 Å². The second-order valence-electron chi connectivity index (χ2n) is 9.61. The predicted molar refractivity (Wildman–Crippen MR) is 151 cm³/mol. The van der Waals surface area contributed by atoms with Crippen molar-refractivity contribution in [3.8, 4) is 17.0 Å². The Labute approximate surface area is 228 Å². The van der Waals surface area contributed by atoms with Crippen LogP contribution in [0.1, 0.15) is 47.6 Å². The van der Waals surface area contributed by atoms with Crippen molar-refractivity contribution in [1.82, 2.24) is 9.55 Å². The van der Waals surface area contributed by atoms with Gasteiger partial charge >= 0.3 is 5.97 Å². The van der Waals surface area contributed by atoms with Crippen molar-refractivity contribution in [2.24, 2.45) is 0 Å². The number of aromatic nitrogens is 2. The number of ether oxygens (including phenoxy) is 2. The first-order valence-electron chi connectivity index (χ1n) is 12.7. The van der Waals surface area contributed by atoms with Crippen molar-refractivity contribution in [2.45, 2.75) is 39.0 Å². The van der Waals surface area contributed by atoms with E-state index >= 15 is 0 Å². The molecule has 7 nitrogen and oxygen atoms in total. The summed E-state index contributed by atoms with van der Waals surface area (Å²) >= 11 is 0. The number of carbonyl (C=O) groups is 2. The number of carboxylic acid groups (broad SMARTS) is 1. The largest absolute Gasteiger partial charge is 0.497 e. The van der Waals surface area contributed by atoms with Crippen LogP contribution in [0.25, 0.3) is 17.3 Å². The number of allylic oxidation sites excluding steroid dienone is 1. The van der Waals surface area contributed by atoms with E-state index in [0.29, 0.717) is 30.1 Å². The Kier molecular flexibility index (Phi) is 8.74. The third-order valence-electron chi connectivity index (χ3n) is 6.32. The predicted octanol–water partition coefficient (Wildman–Crippen LogP) is 6.27. The molecule has 4 rings (SSSR count). The van der Waals surface area contributed by atoms with E-state index in [9.17, 15) is 14.7 Å². The second kappa shape index (κ2) is 12.4. The lowest BCUT2D eigenvalue weighted by Gasteiger charge is -2.20. The van der Waals surface area contributed by atoms with Gasteiger partial charge in [0, 0.05) is 23.9 Å². The molecule has 0 saturated carbocycles. The summed E-state index contributed by atoms with van der Waals surface area (Å²) in [6, 6.07) is 24.7. The summed E-state index contributed by atoms with van der Waals surface area (Å²) in [7, 11) is 1.58. The second-order valence-corrected chi connectivity index (χ2v) is 9.61. The third kappa shape index (κ3) is 7.09. The molecule has 1 aromatic heterocycles. The monoisotopic (exact) mass is 524 g/mol. The molecule has 0 spiro atoms. The van der Waals surface area contributed by atoms with E-state index in [2.05, 4.69) is 6.08 Å². The van der Waals surface area contributed by atoms with Crippen molar-refractivity contribution in [3.05, 3.63) is 114 Å². The molecule has 3 aromatic carbocycles. The van der Waals surface area contributed by atoms with Gasteiger partial charge in [-0.1, -0.05) is 78.9 Å². The van der Waals surface area contributed by atoms with Gasteiger partial charge in [0.1, 0.15) is 5.75 Å². The highest BCUT2D eigenvalue weighted by atomic mass is 16.5. The molecule has 0 aliphatic rings. The van der Waals surface area contributed by atoms with Crippen LogP contribution in [0.2, 0.25) is 0 Å². The van der Waals surface area contributed by atoms with Crippen LogP contribution in [0.15, 0.2) is 91.1 Å². The number of aryl methyl sites for hydroxylation is 1. The summed E-state index contributed by atoms with van der Waals surface area (Å²) in [5, 5.41) is 9.19. The maximum Gasteiger partial charge on any atom is 0.335 e. The smallest absolute Gasteiger partial charge is 0.335 e. The first kappa shape index (κ1) is 27.5. The van der Waals surface area contributed by atoms with Gasteiger partial charge in [0.25, 0.3) is 0 Å². The van der Waals surface area contributed by atoms with E-state index in [1.807, 2.05) is 71.4 Å². The van der Waals surface area contributed by atoms with Crippen molar-refractivity contribution >= 4 is 17.8 Å². The van der Waals surface area contributed by atoms with Gasteiger partial charge in [-0.2, -0.15) is 0 Å². The van der Waals surface area contributed by atoms with Crippen molar-refractivity contribution in [3.63, 3.8) is 0 Å². The van der Waals surface area contributed by atoms with Gasteiger partial charge in [-0.25, -0.2) is 9.78 Å². The Morgan fingerprint density at radius 3 is 2.44 bits per heavy atom. The number of carboxylic acids is 1. The number of hydrogen-bond donors (Lipinski definition) is 1. The Balaban J connectivity index is 1.46. The summed E-state index contributed by atoms with van der Waals surface area (Å²) in [6.07, 6.45) is 6.69. The topological polar surface area (TPSA) is 90.6 Å². The minimum atomic E-state index is -1.24. The lowest BCUT2D eigenvalue weighted by atomic mass is 10.1. The van der Waals surface area contributed by atoms with E-state index in [4.69, 9.17) is 14.5 Å². The van der Waals surface area contributed by atoms with Crippen LogP contribution in [0.5, 0.6) is 5.75 Å². The van der Waals surface area contributed by atoms with Gasteiger partial charge < -0.3 is 19.1 Å². The van der Waals surface area contributed by atoms with Crippen molar-refractivity contribution in [2.75, 3.05) is 7.11 Å². The Morgan fingerprint density at radius 2 is 1.74 bits per heavy atom. The maximum absolute atomic E-state index is 13.4. The van der Waals surface area contributed by atoms with Crippen LogP contribution in [0.3, 0.4) is 0 Å². The SMILES string of the molecule is COc1cccc(C(=O)c2nc(-c3ccccc3)cn2CCC=Cc2ccc(COC(C)(C)C(=O)O)cc2)c1. The number of rotatable bonds is 12. The number of imidazole rings is 1. The molecule has 0 aliphatic heterocycles. The molecule has 0 unspecified atom stereocenters. The van der Waals surface area contributed by atoms with E-state index in [-0.39, 0.29) is 12.4 Å². The molecule has 4 aromatic rings. The number of ketones is 1. The fraction of sp³-hybridized carbons (Fsp3) is 0.219. The van der Waals surface area contributed by atoms with Gasteiger partial charge in [0.05, 0.1) is 19.4 Å². The van der Waals surface area contributed by atoms with E-state index in [1.54, 1.807) is 31.4 Å². The summed E-state index contributed by atoms with van der Waals surface area (Å²) in [5.74, 6) is -0.161. The number of hydrogen-bond acceptors (Lipinski definition) is 5. The summed E-state index contributed by atoms with van der Waals surface area (Å²) in [4.78, 5) is 29.3. The van der Waals surface area contributed by atoms with Gasteiger partial charge in [-0.05, 0) is 43.5 Å². The minimum absolute atomic E-state index is 0.163. The number of aliphatic carboxylic acids is 1. The number of methoxy groups -OCH3 is 1. The fourth-order valence-corrected chi connectivity index (χ4v) is 3.89. The Hall–Kier alpha value is -4.49. The quantitative estimate of drug-likeness (QED) is 0.220. The number of nitrogens with zero attached hydrogens (tertiary/aromatic N) is 2. The molecule has 0 fully saturated rings. The molecule has 0 radical (unpaired) electrons. The van der Waals surface area contributed by atoms with Crippen LogP contribution in [-0.4, -0.2) is 39.1 Å². The van der Waals surface area contributed by atoms with Crippen LogP contribution in [0, 0.1) is 0 Å². The zero-order chi connectivity index (χ0) is 27.8. The highest BCUT2D eigenvalue weighted by molar-refractivity contribution is 6.07. The van der Waals surface area contributed by atoms with Crippen LogP contribution in [0.4, 0.5) is 0 Å². The molecule has 0 aliphatic carbocycles. The molecule has 0 atom stereocenters. The van der Waals surface area contributed by atoms with Crippen LogP contribution < -0.4 is 4.74 Å². The number of benzene rings is 3. The highest BCUT2D eigenvalue weighted by Crippen LogP contribution is 2.22. The molecular formula is C32H32N2O5. The Bertz CT molecular complexity index is 1450. The third-order valence-corrected chi connectivity index (χ3v) is 6.32. The van der Waals surface area contributed by atoms with Crippen LogP contribution >= 0.6 is 0 Å². The number of carbonyl (C=O) groups excluding carboxylic acids is 1. The molecule has 7 heteroatoms. The zero-order valence-corrected chi connectivity index (χ0v) is 22.3. The van der Waals surface area contributed by atoms with E-state index in [0.717, 1.165) is 22.4 Å². The molecule has 0 bridgehead atoms. The lowest BCUT2D eigenvalue weighted by Crippen LogP contribution is -2.34. The minimum Gasteiger partial charge on any atom is -0.497 e. The lowest BCUT2D eigenvalue weighted by molar-refractivity contribution is -0.162. The van der Waals surface area contributed by atoms with Gasteiger partial charge in [0.2, 0.25) is 5.78 Å². The summed E-state index contributed by atoms with van der Waals surface area (Å²) < 4.78 is 12.7.